The van der Waals surface area contributed by atoms with Crippen molar-refractivity contribution in [1.29, 1.82) is 0 Å². The van der Waals surface area contributed by atoms with Gasteiger partial charge in [-0.25, -0.2) is 0 Å². The van der Waals surface area contributed by atoms with Crippen LogP contribution in [-0.2, 0) is 0 Å². The van der Waals surface area contributed by atoms with Crippen molar-refractivity contribution < 1.29 is 5.11 Å². The van der Waals surface area contributed by atoms with Crippen LogP contribution in [0.1, 0.15) is 32.6 Å². The third kappa shape index (κ3) is 2.32. The predicted octanol–water partition coefficient (Wildman–Crippen LogP) is 1.46. The first-order chi connectivity index (χ1) is 5.70. The minimum absolute atomic E-state index is 0.577. The summed E-state index contributed by atoms with van der Waals surface area (Å²) in [6, 6.07) is 0.607. The van der Waals surface area contributed by atoms with Crippen LogP contribution in [0, 0.1) is 0 Å². The molecule has 1 saturated carbocycles. The lowest BCUT2D eigenvalue weighted by Gasteiger charge is -2.33. The maximum Gasteiger partial charge on any atom is 0.0826 e. The number of aliphatic hydroxyl groups is 1. The molecule has 2 heteroatoms. The van der Waals surface area contributed by atoms with Gasteiger partial charge < -0.3 is 10.4 Å². The number of hydrogen-bond donors (Lipinski definition) is 2. The standard InChI is InChI=1S/C10H19NO/c1-3-10(12)7-5-9(6-8-10)11-4-2/h3,9,11-12H,1,4-8H2,2H3. The van der Waals surface area contributed by atoms with E-state index in [1.54, 1.807) is 6.08 Å². The van der Waals surface area contributed by atoms with Crippen molar-refractivity contribution in [2.45, 2.75) is 44.2 Å². The van der Waals surface area contributed by atoms with Crippen molar-refractivity contribution in [1.82, 2.24) is 5.32 Å². The molecule has 0 heterocycles. The molecular weight excluding hydrogens is 150 g/mol. The van der Waals surface area contributed by atoms with E-state index in [9.17, 15) is 5.11 Å². The van der Waals surface area contributed by atoms with Crippen LogP contribution in [0.5, 0.6) is 0 Å². The molecule has 0 spiro atoms. The molecule has 70 valence electrons. The van der Waals surface area contributed by atoms with Crippen molar-refractivity contribution >= 4 is 0 Å². The largest absolute Gasteiger partial charge is 0.386 e. The van der Waals surface area contributed by atoms with E-state index in [0.29, 0.717) is 6.04 Å². The van der Waals surface area contributed by atoms with Crippen LogP contribution in [0.15, 0.2) is 12.7 Å². The van der Waals surface area contributed by atoms with E-state index in [1.807, 2.05) is 0 Å². The summed E-state index contributed by atoms with van der Waals surface area (Å²) >= 11 is 0. The molecule has 1 aliphatic rings. The van der Waals surface area contributed by atoms with E-state index >= 15 is 0 Å². The summed E-state index contributed by atoms with van der Waals surface area (Å²) in [5.41, 5.74) is -0.577. The highest BCUT2D eigenvalue weighted by Crippen LogP contribution is 2.28. The zero-order chi connectivity index (χ0) is 9.03. The van der Waals surface area contributed by atoms with Crippen molar-refractivity contribution in [3.05, 3.63) is 12.7 Å². The number of hydrogen-bond acceptors (Lipinski definition) is 2. The Kier molecular flexibility index (Phi) is 3.29. The third-order valence-electron chi connectivity index (χ3n) is 2.72. The average Bonchev–Trinajstić information content (AvgIpc) is 2.10. The van der Waals surface area contributed by atoms with Gasteiger partial charge in [0.2, 0.25) is 0 Å². The van der Waals surface area contributed by atoms with Gasteiger partial charge in [-0.3, -0.25) is 0 Å². The van der Waals surface area contributed by atoms with E-state index in [1.165, 1.54) is 0 Å². The SMILES string of the molecule is C=CC1(O)CCC(NCC)CC1. The van der Waals surface area contributed by atoms with Crippen LogP contribution in [0.25, 0.3) is 0 Å². The lowest BCUT2D eigenvalue weighted by Crippen LogP contribution is -2.39. The lowest BCUT2D eigenvalue weighted by atomic mass is 9.82. The summed E-state index contributed by atoms with van der Waals surface area (Å²) in [7, 11) is 0. The van der Waals surface area contributed by atoms with Crippen LogP contribution in [-0.4, -0.2) is 23.3 Å². The van der Waals surface area contributed by atoms with Gasteiger partial charge in [-0.2, -0.15) is 0 Å². The fourth-order valence-electron chi connectivity index (χ4n) is 1.81. The highest BCUT2D eigenvalue weighted by molar-refractivity contribution is 4.99. The molecule has 1 rings (SSSR count). The summed E-state index contributed by atoms with van der Waals surface area (Å²) in [6.07, 6.45) is 5.53. The van der Waals surface area contributed by atoms with Gasteiger partial charge in [0.05, 0.1) is 5.60 Å². The molecular formula is C10H19NO. The first kappa shape index (κ1) is 9.75. The van der Waals surface area contributed by atoms with E-state index in [4.69, 9.17) is 0 Å². The van der Waals surface area contributed by atoms with Crippen molar-refractivity contribution in [2.24, 2.45) is 0 Å². The summed E-state index contributed by atoms with van der Waals surface area (Å²) in [5.74, 6) is 0. The maximum absolute atomic E-state index is 9.82. The first-order valence-corrected chi connectivity index (χ1v) is 4.79. The molecule has 12 heavy (non-hydrogen) atoms. The fourth-order valence-corrected chi connectivity index (χ4v) is 1.81. The molecule has 0 aromatic heterocycles. The highest BCUT2D eigenvalue weighted by Gasteiger charge is 2.29. The Hall–Kier alpha value is -0.340. The Labute approximate surface area is 74.7 Å². The summed E-state index contributed by atoms with van der Waals surface area (Å²) in [4.78, 5) is 0. The zero-order valence-corrected chi connectivity index (χ0v) is 7.84. The van der Waals surface area contributed by atoms with Crippen molar-refractivity contribution in [2.75, 3.05) is 6.54 Å². The molecule has 1 aliphatic carbocycles. The van der Waals surface area contributed by atoms with Crippen LogP contribution >= 0.6 is 0 Å². The minimum Gasteiger partial charge on any atom is -0.386 e. The van der Waals surface area contributed by atoms with E-state index < -0.39 is 5.60 Å². The van der Waals surface area contributed by atoms with Gasteiger partial charge in [0.25, 0.3) is 0 Å². The van der Waals surface area contributed by atoms with Gasteiger partial charge in [-0.1, -0.05) is 13.0 Å². The van der Waals surface area contributed by atoms with Gasteiger partial charge in [0.15, 0.2) is 0 Å². The molecule has 1 fully saturated rings. The third-order valence-corrected chi connectivity index (χ3v) is 2.72. The Bertz CT molecular complexity index is 148. The monoisotopic (exact) mass is 169 g/mol. The van der Waals surface area contributed by atoms with Gasteiger partial charge in [0, 0.05) is 6.04 Å². The van der Waals surface area contributed by atoms with E-state index in [-0.39, 0.29) is 0 Å². The highest BCUT2D eigenvalue weighted by atomic mass is 16.3. The Morgan fingerprint density at radius 1 is 1.58 bits per heavy atom. The molecule has 0 unspecified atom stereocenters. The Morgan fingerprint density at radius 3 is 2.58 bits per heavy atom. The molecule has 2 N–H and O–H groups in total. The lowest BCUT2D eigenvalue weighted by molar-refractivity contribution is 0.0424. The summed E-state index contributed by atoms with van der Waals surface area (Å²) in [5, 5.41) is 13.2. The van der Waals surface area contributed by atoms with Gasteiger partial charge in [0.1, 0.15) is 0 Å². The minimum atomic E-state index is -0.577. The average molecular weight is 169 g/mol. The van der Waals surface area contributed by atoms with Crippen LogP contribution < -0.4 is 5.32 Å². The first-order valence-electron chi connectivity index (χ1n) is 4.79. The second-order valence-electron chi connectivity index (χ2n) is 3.64. The summed E-state index contributed by atoms with van der Waals surface area (Å²) < 4.78 is 0. The molecule has 0 aliphatic heterocycles. The van der Waals surface area contributed by atoms with Crippen LogP contribution in [0.4, 0.5) is 0 Å². The quantitative estimate of drug-likeness (QED) is 0.627. The molecule has 0 radical (unpaired) electrons. The zero-order valence-electron chi connectivity index (χ0n) is 7.84. The molecule has 0 aromatic carbocycles. The predicted molar refractivity (Wildman–Crippen MR) is 51.1 cm³/mol. The normalized spacial score (nSPS) is 36.3. The molecule has 0 atom stereocenters. The van der Waals surface area contributed by atoms with Gasteiger partial charge in [-0.15, -0.1) is 6.58 Å². The van der Waals surface area contributed by atoms with E-state index in [0.717, 1.165) is 32.2 Å². The van der Waals surface area contributed by atoms with Gasteiger partial charge >= 0.3 is 0 Å². The van der Waals surface area contributed by atoms with Gasteiger partial charge in [-0.05, 0) is 32.2 Å². The summed E-state index contributed by atoms with van der Waals surface area (Å²) in [6.45, 7) is 6.80. The van der Waals surface area contributed by atoms with E-state index in [2.05, 4.69) is 18.8 Å². The second kappa shape index (κ2) is 4.06. The molecule has 2 nitrogen and oxygen atoms in total. The number of nitrogens with one attached hydrogen (secondary N) is 1. The molecule has 0 saturated heterocycles. The maximum atomic E-state index is 9.82. The smallest absolute Gasteiger partial charge is 0.0826 e. The topological polar surface area (TPSA) is 32.3 Å². The Morgan fingerprint density at radius 2 is 2.17 bits per heavy atom. The van der Waals surface area contributed by atoms with Crippen LogP contribution in [0.3, 0.4) is 0 Å². The van der Waals surface area contributed by atoms with Crippen molar-refractivity contribution in [3.63, 3.8) is 0 Å². The Balaban J connectivity index is 2.33. The van der Waals surface area contributed by atoms with Crippen molar-refractivity contribution in [3.8, 4) is 0 Å². The number of rotatable bonds is 3. The van der Waals surface area contributed by atoms with Crippen LogP contribution in [0.2, 0.25) is 0 Å². The molecule has 0 amide bonds. The second-order valence-corrected chi connectivity index (χ2v) is 3.64. The molecule has 0 bridgehead atoms. The molecule has 0 aromatic rings. The fraction of sp³-hybridized carbons (Fsp3) is 0.800.